The molecule has 0 amide bonds. The average Bonchev–Trinajstić information content (AvgIpc) is 2.09. The van der Waals surface area contributed by atoms with Gasteiger partial charge < -0.3 is 4.74 Å². The van der Waals surface area contributed by atoms with Crippen molar-refractivity contribution in [2.75, 3.05) is 0 Å². The highest BCUT2D eigenvalue weighted by Crippen LogP contribution is 2.33. The SMILES string of the molecule is Clc1ccc(OC2CC(Br)C2)cc1Cl. The Kier molecular flexibility index (Phi) is 3.25. The predicted octanol–water partition coefficient (Wildman–Crippen LogP) is 4.30. The molecule has 1 aromatic rings. The van der Waals surface area contributed by atoms with E-state index in [0.717, 1.165) is 18.6 Å². The van der Waals surface area contributed by atoms with Gasteiger partial charge in [0, 0.05) is 10.9 Å². The maximum Gasteiger partial charge on any atom is 0.121 e. The fourth-order valence-corrected chi connectivity index (χ4v) is 2.46. The van der Waals surface area contributed by atoms with Gasteiger partial charge >= 0.3 is 0 Å². The highest BCUT2D eigenvalue weighted by atomic mass is 79.9. The molecular formula is C10H9BrCl2O. The molecule has 1 fully saturated rings. The lowest BCUT2D eigenvalue weighted by molar-refractivity contribution is 0.128. The Morgan fingerprint density at radius 1 is 1.21 bits per heavy atom. The van der Waals surface area contributed by atoms with Crippen molar-refractivity contribution in [3.63, 3.8) is 0 Å². The molecule has 1 aliphatic rings. The molecule has 0 aromatic heterocycles. The van der Waals surface area contributed by atoms with Gasteiger partial charge in [0.25, 0.3) is 0 Å². The molecule has 0 radical (unpaired) electrons. The van der Waals surface area contributed by atoms with E-state index in [1.807, 2.05) is 6.07 Å². The predicted molar refractivity (Wildman–Crippen MR) is 62.8 cm³/mol. The standard InChI is InChI=1S/C10H9BrCl2O/c11-6-3-8(4-6)14-7-1-2-9(12)10(13)5-7/h1-2,5-6,8H,3-4H2. The van der Waals surface area contributed by atoms with Crippen molar-refractivity contribution in [3.8, 4) is 5.75 Å². The fraction of sp³-hybridized carbons (Fsp3) is 0.400. The van der Waals surface area contributed by atoms with Crippen molar-refractivity contribution in [1.29, 1.82) is 0 Å². The van der Waals surface area contributed by atoms with Gasteiger partial charge in [-0.05, 0) is 25.0 Å². The first kappa shape index (κ1) is 10.6. The van der Waals surface area contributed by atoms with Gasteiger partial charge in [0.05, 0.1) is 10.0 Å². The summed E-state index contributed by atoms with van der Waals surface area (Å²) in [7, 11) is 0. The normalized spacial score (nSPS) is 25.6. The number of halogens is 3. The zero-order valence-electron chi connectivity index (χ0n) is 7.34. The average molecular weight is 296 g/mol. The van der Waals surface area contributed by atoms with Crippen molar-refractivity contribution in [3.05, 3.63) is 28.2 Å². The van der Waals surface area contributed by atoms with Crippen LogP contribution in [0, 0.1) is 0 Å². The Morgan fingerprint density at radius 3 is 2.50 bits per heavy atom. The van der Waals surface area contributed by atoms with Gasteiger partial charge in [-0.2, -0.15) is 0 Å². The third-order valence-corrected chi connectivity index (χ3v) is 3.72. The number of ether oxygens (including phenoxy) is 1. The first-order chi connectivity index (χ1) is 6.65. The van der Waals surface area contributed by atoms with Gasteiger partial charge in [0.15, 0.2) is 0 Å². The topological polar surface area (TPSA) is 9.23 Å². The summed E-state index contributed by atoms with van der Waals surface area (Å²) in [6.45, 7) is 0. The van der Waals surface area contributed by atoms with Crippen molar-refractivity contribution in [2.45, 2.75) is 23.8 Å². The summed E-state index contributed by atoms with van der Waals surface area (Å²) in [5.74, 6) is 0.795. The zero-order chi connectivity index (χ0) is 10.1. The minimum Gasteiger partial charge on any atom is -0.490 e. The Bertz CT molecular complexity index is 337. The zero-order valence-corrected chi connectivity index (χ0v) is 10.4. The number of hydrogen-bond acceptors (Lipinski definition) is 1. The van der Waals surface area contributed by atoms with E-state index in [-0.39, 0.29) is 0 Å². The molecule has 0 spiro atoms. The molecule has 0 atom stereocenters. The van der Waals surface area contributed by atoms with Crippen LogP contribution in [-0.4, -0.2) is 10.9 Å². The van der Waals surface area contributed by atoms with E-state index in [1.54, 1.807) is 12.1 Å². The lowest BCUT2D eigenvalue weighted by Gasteiger charge is -2.31. The van der Waals surface area contributed by atoms with E-state index < -0.39 is 0 Å². The quantitative estimate of drug-likeness (QED) is 0.739. The summed E-state index contributed by atoms with van der Waals surface area (Å²) in [5.41, 5.74) is 0. The van der Waals surface area contributed by atoms with E-state index >= 15 is 0 Å². The summed E-state index contributed by atoms with van der Waals surface area (Å²) in [5, 5.41) is 1.10. The molecule has 1 nitrogen and oxygen atoms in total. The second kappa shape index (κ2) is 4.30. The summed E-state index contributed by atoms with van der Waals surface area (Å²) < 4.78 is 5.68. The highest BCUT2D eigenvalue weighted by Gasteiger charge is 2.28. The molecule has 0 heterocycles. The lowest BCUT2D eigenvalue weighted by Crippen LogP contribution is -2.33. The molecule has 1 aromatic carbocycles. The Balaban J connectivity index is 2.00. The fourth-order valence-electron chi connectivity index (χ4n) is 1.34. The maximum absolute atomic E-state index is 5.87. The molecule has 14 heavy (non-hydrogen) atoms. The molecule has 0 unspecified atom stereocenters. The molecule has 1 saturated carbocycles. The number of rotatable bonds is 2. The maximum atomic E-state index is 5.87. The van der Waals surface area contributed by atoms with Crippen LogP contribution >= 0.6 is 39.1 Å². The number of alkyl halides is 1. The number of benzene rings is 1. The van der Waals surface area contributed by atoms with Crippen molar-refractivity contribution in [2.24, 2.45) is 0 Å². The summed E-state index contributed by atoms with van der Waals surface area (Å²) in [6.07, 6.45) is 2.43. The summed E-state index contributed by atoms with van der Waals surface area (Å²) in [6, 6.07) is 5.35. The van der Waals surface area contributed by atoms with Gasteiger partial charge in [-0.25, -0.2) is 0 Å². The molecule has 0 saturated heterocycles. The lowest BCUT2D eigenvalue weighted by atomic mass is 9.96. The smallest absolute Gasteiger partial charge is 0.121 e. The van der Waals surface area contributed by atoms with Crippen LogP contribution in [0.4, 0.5) is 0 Å². The van der Waals surface area contributed by atoms with E-state index in [4.69, 9.17) is 27.9 Å². The van der Waals surface area contributed by atoms with Crippen LogP contribution in [0.5, 0.6) is 5.75 Å². The molecule has 76 valence electrons. The van der Waals surface area contributed by atoms with E-state index in [1.165, 1.54) is 0 Å². The molecule has 0 bridgehead atoms. The van der Waals surface area contributed by atoms with Crippen LogP contribution in [0.15, 0.2) is 18.2 Å². The number of hydrogen-bond donors (Lipinski definition) is 0. The van der Waals surface area contributed by atoms with Gasteiger partial charge in [-0.1, -0.05) is 39.1 Å². The molecule has 0 N–H and O–H groups in total. The largest absolute Gasteiger partial charge is 0.490 e. The van der Waals surface area contributed by atoms with Crippen molar-refractivity contribution >= 4 is 39.1 Å². The van der Waals surface area contributed by atoms with Crippen LogP contribution in [0.25, 0.3) is 0 Å². The van der Waals surface area contributed by atoms with Crippen molar-refractivity contribution in [1.82, 2.24) is 0 Å². The van der Waals surface area contributed by atoms with E-state index in [2.05, 4.69) is 15.9 Å². The van der Waals surface area contributed by atoms with Crippen LogP contribution in [-0.2, 0) is 0 Å². The van der Waals surface area contributed by atoms with Gasteiger partial charge in [-0.15, -0.1) is 0 Å². The van der Waals surface area contributed by atoms with E-state index in [0.29, 0.717) is 21.0 Å². The van der Waals surface area contributed by atoms with Crippen molar-refractivity contribution < 1.29 is 4.74 Å². The molecule has 0 aliphatic heterocycles. The molecule has 1 aliphatic carbocycles. The van der Waals surface area contributed by atoms with Crippen LogP contribution in [0.1, 0.15) is 12.8 Å². The first-order valence-electron chi connectivity index (χ1n) is 4.41. The summed E-state index contributed by atoms with van der Waals surface area (Å²) in [4.78, 5) is 0.607. The van der Waals surface area contributed by atoms with Gasteiger partial charge in [-0.3, -0.25) is 0 Å². The van der Waals surface area contributed by atoms with E-state index in [9.17, 15) is 0 Å². The second-order valence-electron chi connectivity index (χ2n) is 3.38. The van der Waals surface area contributed by atoms with Gasteiger partial charge in [0.1, 0.15) is 11.9 Å². The van der Waals surface area contributed by atoms with Crippen LogP contribution in [0.3, 0.4) is 0 Å². The minimum absolute atomic E-state index is 0.316. The molecular weight excluding hydrogens is 287 g/mol. The highest BCUT2D eigenvalue weighted by molar-refractivity contribution is 9.09. The first-order valence-corrected chi connectivity index (χ1v) is 6.08. The third-order valence-electron chi connectivity index (χ3n) is 2.23. The Hall–Kier alpha value is 0.0800. The molecule has 2 rings (SSSR count). The second-order valence-corrected chi connectivity index (χ2v) is 5.49. The Labute approximate surface area is 101 Å². The monoisotopic (exact) mass is 294 g/mol. The summed E-state index contributed by atoms with van der Waals surface area (Å²) >= 11 is 15.2. The van der Waals surface area contributed by atoms with Crippen LogP contribution < -0.4 is 4.74 Å². The Morgan fingerprint density at radius 2 is 1.93 bits per heavy atom. The molecule has 4 heteroatoms. The van der Waals surface area contributed by atoms with Crippen LogP contribution in [0.2, 0.25) is 10.0 Å². The van der Waals surface area contributed by atoms with Gasteiger partial charge in [0.2, 0.25) is 0 Å². The third kappa shape index (κ3) is 2.36. The minimum atomic E-state index is 0.316.